The minimum absolute atomic E-state index is 0.00241. The maximum atomic E-state index is 13.4. The van der Waals surface area contributed by atoms with Crippen molar-refractivity contribution in [1.29, 1.82) is 0 Å². The van der Waals surface area contributed by atoms with E-state index in [-0.39, 0.29) is 11.1 Å². The number of hydrogen-bond donors (Lipinski definition) is 1. The van der Waals surface area contributed by atoms with Crippen molar-refractivity contribution >= 4 is 5.97 Å². The second kappa shape index (κ2) is 6.17. The molecule has 0 amide bonds. The van der Waals surface area contributed by atoms with E-state index in [1.54, 1.807) is 0 Å². The molecule has 0 aliphatic rings. The Kier molecular flexibility index (Phi) is 4.49. The fourth-order valence-corrected chi connectivity index (χ4v) is 2.42. The lowest BCUT2D eigenvalue weighted by Gasteiger charge is -2.22. The van der Waals surface area contributed by atoms with Gasteiger partial charge >= 0.3 is 5.97 Å². The first kappa shape index (κ1) is 16.0. The Balaban J connectivity index is 2.62. The Labute approximate surface area is 124 Å². The first-order chi connectivity index (χ1) is 10.3. The molecule has 6 heteroatoms. The molecule has 0 heterocycles. The summed E-state index contributed by atoms with van der Waals surface area (Å²) in [6.45, 7) is 1.30. The summed E-state index contributed by atoms with van der Waals surface area (Å²) in [6.07, 6.45) is 0. The highest BCUT2D eigenvalue weighted by atomic mass is 19.1. The summed E-state index contributed by atoms with van der Waals surface area (Å²) >= 11 is 0. The van der Waals surface area contributed by atoms with Crippen molar-refractivity contribution < 1.29 is 27.5 Å². The van der Waals surface area contributed by atoms with Crippen LogP contribution in [0.15, 0.2) is 36.4 Å². The van der Waals surface area contributed by atoms with Crippen molar-refractivity contribution in [3.05, 3.63) is 70.8 Å². The standard InChI is InChI=1S/C16H12F4O2/c1-8(16(21)22)15(9-2-11(17)6-12(18)3-9)10-4-13(19)7-14(20)5-10/h2-8,15H,1H3,(H,21,22)/t8-/m0/s1. The van der Waals surface area contributed by atoms with Gasteiger partial charge in [-0.3, -0.25) is 4.79 Å². The molecule has 2 nitrogen and oxygen atoms in total. The van der Waals surface area contributed by atoms with Gasteiger partial charge in [-0.25, -0.2) is 17.6 Å². The van der Waals surface area contributed by atoms with Crippen LogP contribution in [-0.2, 0) is 4.79 Å². The predicted octanol–water partition coefficient (Wildman–Crippen LogP) is 4.10. The Bertz CT molecular complexity index is 623. The van der Waals surface area contributed by atoms with Gasteiger partial charge in [0.25, 0.3) is 0 Å². The van der Waals surface area contributed by atoms with Crippen molar-refractivity contribution in [2.45, 2.75) is 12.8 Å². The van der Waals surface area contributed by atoms with Gasteiger partial charge in [-0.2, -0.15) is 0 Å². The van der Waals surface area contributed by atoms with E-state index < -0.39 is 41.1 Å². The zero-order valence-corrected chi connectivity index (χ0v) is 11.5. The average molecular weight is 312 g/mol. The van der Waals surface area contributed by atoms with Crippen molar-refractivity contribution in [3.63, 3.8) is 0 Å². The molecule has 0 fully saturated rings. The monoisotopic (exact) mass is 312 g/mol. The first-order valence-electron chi connectivity index (χ1n) is 6.42. The van der Waals surface area contributed by atoms with Crippen LogP contribution in [-0.4, -0.2) is 11.1 Å². The lowest BCUT2D eigenvalue weighted by molar-refractivity contribution is -0.141. The Hall–Kier alpha value is -2.37. The average Bonchev–Trinajstić information content (AvgIpc) is 2.36. The second-order valence-electron chi connectivity index (χ2n) is 5.01. The molecular formula is C16H12F4O2. The Morgan fingerprint density at radius 1 is 0.818 bits per heavy atom. The predicted molar refractivity (Wildman–Crippen MR) is 71.4 cm³/mol. The molecule has 2 aromatic rings. The molecule has 1 N–H and O–H groups in total. The number of benzene rings is 2. The van der Waals surface area contributed by atoms with E-state index in [1.165, 1.54) is 6.92 Å². The van der Waals surface area contributed by atoms with Crippen molar-refractivity contribution in [2.24, 2.45) is 5.92 Å². The maximum absolute atomic E-state index is 13.4. The van der Waals surface area contributed by atoms with Crippen LogP contribution in [0.2, 0.25) is 0 Å². The van der Waals surface area contributed by atoms with E-state index in [0.717, 1.165) is 24.3 Å². The number of halogens is 4. The molecule has 2 aromatic carbocycles. The van der Waals surface area contributed by atoms with Crippen LogP contribution in [0.3, 0.4) is 0 Å². The number of carboxylic acids is 1. The molecule has 0 saturated heterocycles. The summed E-state index contributed by atoms with van der Waals surface area (Å²) in [5.41, 5.74) is -0.00481. The van der Waals surface area contributed by atoms with Gasteiger partial charge in [0, 0.05) is 18.1 Å². The zero-order chi connectivity index (χ0) is 16.4. The third kappa shape index (κ3) is 3.44. The third-order valence-corrected chi connectivity index (χ3v) is 3.38. The molecule has 0 aliphatic heterocycles. The number of rotatable bonds is 4. The zero-order valence-electron chi connectivity index (χ0n) is 11.5. The van der Waals surface area contributed by atoms with Gasteiger partial charge < -0.3 is 5.11 Å². The summed E-state index contributed by atoms with van der Waals surface area (Å²) < 4.78 is 53.6. The highest BCUT2D eigenvalue weighted by Crippen LogP contribution is 2.34. The molecule has 116 valence electrons. The molecule has 0 bridgehead atoms. The lowest BCUT2D eigenvalue weighted by atomic mass is 9.81. The smallest absolute Gasteiger partial charge is 0.307 e. The van der Waals surface area contributed by atoms with E-state index in [1.807, 2.05) is 0 Å². The van der Waals surface area contributed by atoms with Crippen LogP contribution >= 0.6 is 0 Å². The van der Waals surface area contributed by atoms with Crippen LogP contribution in [0.5, 0.6) is 0 Å². The quantitative estimate of drug-likeness (QED) is 0.863. The van der Waals surface area contributed by atoms with E-state index in [0.29, 0.717) is 12.1 Å². The number of carboxylic acid groups (broad SMARTS) is 1. The topological polar surface area (TPSA) is 37.3 Å². The fourth-order valence-electron chi connectivity index (χ4n) is 2.42. The molecule has 0 aliphatic carbocycles. The number of aliphatic carboxylic acids is 1. The SMILES string of the molecule is C[C@H](C(=O)O)C(c1cc(F)cc(F)c1)c1cc(F)cc(F)c1. The third-order valence-electron chi connectivity index (χ3n) is 3.38. The van der Waals surface area contributed by atoms with Gasteiger partial charge in [0.2, 0.25) is 0 Å². The summed E-state index contributed by atoms with van der Waals surface area (Å²) in [5.74, 6) is -7.05. The molecule has 0 saturated carbocycles. The van der Waals surface area contributed by atoms with Crippen LogP contribution in [0.4, 0.5) is 17.6 Å². The van der Waals surface area contributed by atoms with E-state index in [9.17, 15) is 27.5 Å². The summed E-state index contributed by atoms with van der Waals surface area (Å²) in [6, 6.07) is 5.09. The highest BCUT2D eigenvalue weighted by molar-refractivity contribution is 5.72. The minimum atomic E-state index is -1.25. The molecule has 1 atom stereocenters. The lowest BCUT2D eigenvalue weighted by Crippen LogP contribution is -2.20. The van der Waals surface area contributed by atoms with E-state index >= 15 is 0 Å². The van der Waals surface area contributed by atoms with Crippen LogP contribution < -0.4 is 0 Å². The molecule has 0 aromatic heterocycles. The first-order valence-corrected chi connectivity index (χ1v) is 6.42. The Morgan fingerprint density at radius 2 is 1.14 bits per heavy atom. The fraction of sp³-hybridized carbons (Fsp3) is 0.188. The van der Waals surface area contributed by atoms with Crippen LogP contribution in [0, 0.1) is 29.2 Å². The second-order valence-corrected chi connectivity index (χ2v) is 5.01. The van der Waals surface area contributed by atoms with E-state index in [4.69, 9.17) is 0 Å². The van der Waals surface area contributed by atoms with E-state index in [2.05, 4.69) is 0 Å². The van der Waals surface area contributed by atoms with Gasteiger partial charge in [0.1, 0.15) is 23.3 Å². The minimum Gasteiger partial charge on any atom is -0.481 e. The van der Waals surface area contributed by atoms with Gasteiger partial charge in [0.05, 0.1) is 5.92 Å². The Morgan fingerprint density at radius 3 is 1.41 bits per heavy atom. The van der Waals surface area contributed by atoms with Crippen molar-refractivity contribution in [2.75, 3.05) is 0 Å². The van der Waals surface area contributed by atoms with Gasteiger partial charge in [0.15, 0.2) is 0 Å². The molecule has 0 spiro atoms. The number of hydrogen-bond acceptors (Lipinski definition) is 1. The van der Waals surface area contributed by atoms with Crippen molar-refractivity contribution in [1.82, 2.24) is 0 Å². The molecule has 22 heavy (non-hydrogen) atoms. The number of carbonyl (C=O) groups is 1. The van der Waals surface area contributed by atoms with Crippen LogP contribution in [0.1, 0.15) is 24.0 Å². The largest absolute Gasteiger partial charge is 0.481 e. The molecule has 0 radical (unpaired) electrons. The normalized spacial score (nSPS) is 12.5. The summed E-state index contributed by atoms with van der Waals surface area (Å²) in [7, 11) is 0. The van der Waals surface area contributed by atoms with Gasteiger partial charge in [-0.05, 0) is 35.4 Å². The van der Waals surface area contributed by atoms with Crippen molar-refractivity contribution in [3.8, 4) is 0 Å². The maximum Gasteiger partial charge on any atom is 0.307 e. The highest BCUT2D eigenvalue weighted by Gasteiger charge is 2.28. The van der Waals surface area contributed by atoms with Gasteiger partial charge in [-0.1, -0.05) is 6.92 Å². The summed E-state index contributed by atoms with van der Waals surface area (Å²) in [4.78, 5) is 11.3. The molecular weight excluding hydrogens is 300 g/mol. The molecule has 0 unspecified atom stereocenters. The van der Waals surface area contributed by atoms with Crippen LogP contribution in [0.25, 0.3) is 0 Å². The summed E-state index contributed by atoms with van der Waals surface area (Å²) in [5, 5.41) is 9.18. The van der Waals surface area contributed by atoms with Gasteiger partial charge in [-0.15, -0.1) is 0 Å². The molecule has 2 rings (SSSR count).